The summed E-state index contributed by atoms with van der Waals surface area (Å²) in [5.41, 5.74) is 0.901. The Morgan fingerprint density at radius 2 is 2.32 bits per heavy atom. The van der Waals surface area contributed by atoms with Crippen LogP contribution in [0.15, 0.2) is 24.3 Å². The van der Waals surface area contributed by atoms with Gasteiger partial charge in [0.1, 0.15) is 11.5 Å². The topological polar surface area (TPSA) is 88.5 Å². The molecule has 0 spiro atoms. The number of nitrogens with one attached hydrogen (secondary N) is 2. The lowest BCUT2D eigenvalue weighted by atomic mass is 10.2. The van der Waals surface area contributed by atoms with E-state index < -0.39 is 0 Å². The molecular formula is C14H13FN6O. The second-order valence-electron chi connectivity index (χ2n) is 5.34. The molecule has 22 heavy (non-hydrogen) atoms. The molecule has 0 atom stereocenters. The van der Waals surface area contributed by atoms with Crippen LogP contribution in [0.5, 0.6) is 0 Å². The number of amides is 1. The average molecular weight is 300 g/mol. The van der Waals surface area contributed by atoms with E-state index >= 15 is 0 Å². The van der Waals surface area contributed by atoms with Gasteiger partial charge in [-0.2, -0.15) is 0 Å². The smallest absolute Gasteiger partial charge is 0.268 e. The zero-order valence-electron chi connectivity index (χ0n) is 11.6. The molecular weight excluding hydrogens is 287 g/mol. The van der Waals surface area contributed by atoms with Gasteiger partial charge < -0.3 is 10.3 Å². The molecule has 0 bridgehead atoms. The van der Waals surface area contributed by atoms with Gasteiger partial charge in [-0.1, -0.05) is 6.07 Å². The van der Waals surface area contributed by atoms with Gasteiger partial charge in [-0.15, -0.1) is 5.10 Å². The third kappa shape index (κ3) is 2.22. The number of rotatable bonds is 4. The Hall–Kier alpha value is -2.77. The Morgan fingerprint density at radius 1 is 1.45 bits per heavy atom. The molecule has 0 unspecified atom stereocenters. The van der Waals surface area contributed by atoms with E-state index in [-0.39, 0.29) is 18.3 Å². The number of fused-ring (bicyclic) bond motifs is 1. The maximum absolute atomic E-state index is 13.6. The molecule has 2 N–H and O–H groups in total. The third-order valence-corrected chi connectivity index (χ3v) is 3.72. The number of aromatic amines is 1. The van der Waals surface area contributed by atoms with Gasteiger partial charge in [0.15, 0.2) is 5.82 Å². The number of tetrazole rings is 1. The predicted octanol–water partition coefficient (Wildman–Crippen LogP) is 1.56. The Balaban J connectivity index is 1.51. The zero-order valence-corrected chi connectivity index (χ0v) is 11.6. The van der Waals surface area contributed by atoms with Crippen LogP contribution in [0.25, 0.3) is 10.9 Å². The lowest BCUT2D eigenvalue weighted by Crippen LogP contribution is -2.25. The van der Waals surface area contributed by atoms with Crippen molar-refractivity contribution in [2.45, 2.75) is 25.4 Å². The van der Waals surface area contributed by atoms with Crippen LogP contribution in [0.1, 0.15) is 35.2 Å². The summed E-state index contributed by atoms with van der Waals surface area (Å²) in [6.45, 7) is 0.236. The minimum atomic E-state index is -0.356. The normalized spacial score (nSPS) is 14.4. The quantitative estimate of drug-likeness (QED) is 0.765. The van der Waals surface area contributed by atoms with Crippen LogP contribution in [0, 0.1) is 5.82 Å². The van der Waals surface area contributed by atoms with Crippen molar-refractivity contribution < 1.29 is 9.18 Å². The summed E-state index contributed by atoms with van der Waals surface area (Å²) in [6.07, 6.45) is 2.13. The molecule has 3 aromatic rings. The lowest BCUT2D eigenvalue weighted by molar-refractivity contribution is 0.0945. The number of aromatic nitrogens is 5. The summed E-state index contributed by atoms with van der Waals surface area (Å²) in [6, 6.07) is 6.54. The largest absolute Gasteiger partial charge is 0.350 e. The fourth-order valence-electron chi connectivity index (χ4n) is 2.43. The first-order chi connectivity index (χ1) is 10.7. The van der Waals surface area contributed by atoms with E-state index in [0.717, 1.165) is 12.8 Å². The molecule has 4 rings (SSSR count). The molecule has 1 fully saturated rings. The summed E-state index contributed by atoms with van der Waals surface area (Å²) in [5.74, 6) is -0.0513. The summed E-state index contributed by atoms with van der Waals surface area (Å²) in [4.78, 5) is 15.1. The number of hydrogen-bond acceptors (Lipinski definition) is 4. The first kappa shape index (κ1) is 12.9. The van der Waals surface area contributed by atoms with Crippen molar-refractivity contribution in [1.82, 2.24) is 30.5 Å². The van der Waals surface area contributed by atoms with Gasteiger partial charge in [-0.3, -0.25) is 4.79 Å². The van der Waals surface area contributed by atoms with Gasteiger partial charge in [0.25, 0.3) is 5.91 Å². The van der Waals surface area contributed by atoms with Gasteiger partial charge in [-0.05, 0) is 41.5 Å². The van der Waals surface area contributed by atoms with Crippen LogP contribution >= 0.6 is 0 Å². The molecule has 1 amide bonds. The lowest BCUT2D eigenvalue weighted by Gasteiger charge is -2.04. The number of hydrogen-bond donors (Lipinski definition) is 2. The standard InChI is InChI=1S/C14H13FN6O/c15-10-2-1-3-11-9(10)6-12(17-11)14(22)16-7-13-18-19-20-21(13)8-4-5-8/h1-3,6,8,17H,4-5,7H2,(H,16,22). The first-order valence-electron chi connectivity index (χ1n) is 7.04. The molecule has 112 valence electrons. The monoisotopic (exact) mass is 300 g/mol. The van der Waals surface area contributed by atoms with Crippen LogP contribution < -0.4 is 5.32 Å². The fourth-order valence-corrected chi connectivity index (χ4v) is 2.43. The van der Waals surface area contributed by atoms with Crippen LogP contribution in [-0.4, -0.2) is 31.1 Å². The van der Waals surface area contributed by atoms with E-state index in [2.05, 4.69) is 25.8 Å². The van der Waals surface area contributed by atoms with Gasteiger partial charge >= 0.3 is 0 Å². The maximum Gasteiger partial charge on any atom is 0.268 e. The molecule has 1 saturated carbocycles. The van der Waals surface area contributed by atoms with Gasteiger partial charge in [0, 0.05) is 10.9 Å². The summed E-state index contributed by atoms with van der Waals surface area (Å²) < 4.78 is 15.4. The Morgan fingerprint density at radius 3 is 3.09 bits per heavy atom. The van der Waals surface area contributed by atoms with E-state index in [0.29, 0.717) is 28.5 Å². The van der Waals surface area contributed by atoms with Crippen molar-refractivity contribution in [1.29, 1.82) is 0 Å². The highest BCUT2D eigenvalue weighted by Gasteiger charge is 2.27. The maximum atomic E-state index is 13.6. The first-order valence-corrected chi connectivity index (χ1v) is 7.04. The van der Waals surface area contributed by atoms with Crippen molar-refractivity contribution in [3.63, 3.8) is 0 Å². The van der Waals surface area contributed by atoms with Crippen LogP contribution in [0.4, 0.5) is 4.39 Å². The molecule has 0 aliphatic heterocycles. The minimum Gasteiger partial charge on any atom is -0.350 e. The summed E-state index contributed by atoms with van der Waals surface area (Å²) in [5, 5.41) is 14.6. The minimum absolute atomic E-state index is 0.236. The number of H-pyrrole nitrogens is 1. The number of halogens is 1. The molecule has 0 saturated heterocycles. The second kappa shape index (κ2) is 4.90. The van der Waals surface area contributed by atoms with E-state index in [1.54, 1.807) is 16.8 Å². The number of nitrogens with zero attached hydrogens (tertiary/aromatic N) is 4. The fraction of sp³-hybridized carbons (Fsp3) is 0.286. The molecule has 7 nitrogen and oxygen atoms in total. The van der Waals surface area contributed by atoms with Crippen molar-refractivity contribution in [3.05, 3.63) is 41.6 Å². The molecule has 0 radical (unpaired) electrons. The van der Waals surface area contributed by atoms with Crippen molar-refractivity contribution in [3.8, 4) is 0 Å². The molecule has 8 heteroatoms. The SMILES string of the molecule is O=C(NCc1nnnn1C1CC1)c1cc2c(F)cccc2[nH]1. The predicted molar refractivity (Wildman–Crippen MR) is 75.5 cm³/mol. The molecule has 1 aromatic carbocycles. The zero-order chi connectivity index (χ0) is 15.1. The number of carbonyl (C=O) groups is 1. The highest BCUT2D eigenvalue weighted by atomic mass is 19.1. The molecule has 1 aliphatic carbocycles. The van der Waals surface area contributed by atoms with Crippen LogP contribution in [0.2, 0.25) is 0 Å². The average Bonchev–Trinajstić information content (AvgIpc) is 3.09. The Bertz CT molecular complexity index is 850. The summed E-state index contributed by atoms with van der Waals surface area (Å²) >= 11 is 0. The van der Waals surface area contributed by atoms with Gasteiger partial charge in [0.05, 0.1) is 12.6 Å². The Labute approximate surface area is 124 Å². The molecule has 1 aliphatic rings. The molecule has 2 aromatic heterocycles. The Kier molecular flexibility index (Phi) is 2.88. The van der Waals surface area contributed by atoms with E-state index in [9.17, 15) is 9.18 Å². The third-order valence-electron chi connectivity index (χ3n) is 3.72. The van der Waals surface area contributed by atoms with E-state index in [4.69, 9.17) is 0 Å². The van der Waals surface area contributed by atoms with Crippen molar-refractivity contribution in [2.24, 2.45) is 0 Å². The second-order valence-corrected chi connectivity index (χ2v) is 5.34. The highest BCUT2D eigenvalue weighted by molar-refractivity contribution is 5.98. The summed E-state index contributed by atoms with van der Waals surface area (Å²) in [7, 11) is 0. The van der Waals surface area contributed by atoms with Crippen molar-refractivity contribution in [2.75, 3.05) is 0 Å². The number of carbonyl (C=O) groups excluding carboxylic acids is 1. The van der Waals surface area contributed by atoms with Crippen LogP contribution in [-0.2, 0) is 6.54 Å². The van der Waals surface area contributed by atoms with Crippen molar-refractivity contribution >= 4 is 16.8 Å². The highest BCUT2D eigenvalue weighted by Crippen LogP contribution is 2.34. The van der Waals surface area contributed by atoms with E-state index in [1.165, 1.54) is 12.1 Å². The van der Waals surface area contributed by atoms with E-state index in [1.807, 2.05) is 0 Å². The van der Waals surface area contributed by atoms with Gasteiger partial charge in [0.2, 0.25) is 0 Å². The number of benzene rings is 1. The van der Waals surface area contributed by atoms with Gasteiger partial charge in [-0.25, -0.2) is 9.07 Å². The van der Waals surface area contributed by atoms with Crippen LogP contribution in [0.3, 0.4) is 0 Å². The molecule has 2 heterocycles.